The molecule has 0 bridgehead atoms. The maximum Gasteiger partial charge on any atom is 0.387 e. The summed E-state index contributed by atoms with van der Waals surface area (Å²) in [7, 11) is 3.75. The largest absolute Gasteiger partial charge is 0.435 e. The summed E-state index contributed by atoms with van der Waals surface area (Å²) in [5, 5.41) is 0. The fourth-order valence-electron chi connectivity index (χ4n) is 2.82. The minimum absolute atomic E-state index is 0.149. The first-order chi connectivity index (χ1) is 15.4. The fourth-order valence-corrected chi connectivity index (χ4v) is 2.82. The summed E-state index contributed by atoms with van der Waals surface area (Å²) >= 11 is 4.64. The van der Waals surface area contributed by atoms with Gasteiger partial charge in [-0.1, -0.05) is 13.8 Å². The molecule has 0 aliphatic rings. The average molecular weight is 477 g/mol. The van der Waals surface area contributed by atoms with Gasteiger partial charge < -0.3 is 14.0 Å². The third-order valence-electron chi connectivity index (χ3n) is 3.92. The minimum Gasteiger partial charge on any atom is -0.435 e. The van der Waals surface area contributed by atoms with E-state index in [9.17, 15) is 13.2 Å². The number of methoxy groups -OCH3 is 1. The third kappa shape index (κ3) is 9.49. The predicted octanol–water partition coefficient (Wildman–Crippen LogP) is 7.67. The maximum atomic E-state index is 12.2. The van der Waals surface area contributed by atoms with E-state index in [2.05, 4.69) is 44.8 Å². The molecular weight excluding hydrogens is 441 g/mol. The van der Waals surface area contributed by atoms with Crippen LogP contribution in [0.3, 0.4) is 0 Å². The van der Waals surface area contributed by atoms with Gasteiger partial charge in [-0.3, -0.25) is 4.39 Å². The van der Waals surface area contributed by atoms with Crippen LogP contribution in [0, 0.1) is 13.8 Å². The van der Waals surface area contributed by atoms with Crippen LogP contribution in [-0.4, -0.2) is 43.9 Å². The number of aromatic nitrogens is 2. The first kappa shape index (κ1) is 31.9. The molecule has 4 nitrogen and oxygen atoms in total. The molecule has 2 aromatic heterocycles. The number of aryl methyl sites for hydroxylation is 3. The lowest BCUT2D eigenvalue weighted by molar-refractivity contribution is -0.0498. The Bertz CT molecular complexity index is 870. The van der Waals surface area contributed by atoms with Gasteiger partial charge in [0, 0.05) is 38.9 Å². The molecule has 2 heterocycles. The Morgan fingerprint density at radius 3 is 1.94 bits per heavy atom. The molecule has 0 saturated heterocycles. The Morgan fingerprint density at radius 2 is 1.50 bits per heavy atom. The van der Waals surface area contributed by atoms with Crippen LogP contribution in [0.2, 0.25) is 0 Å². The van der Waals surface area contributed by atoms with E-state index in [1.54, 1.807) is 26.4 Å². The first-order valence-electron chi connectivity index (χ1n) is 10.1. The van der Waals surface area contributed by atoms with Crippen molar-refractivity contribution < 1.29 is 22.6 Å². The Hall–Kier alpha value is -2.25. The van der Waals surface area contributed by atoms with Gasteiger partial charge in [0.2, 0.25) is 0 Å². The highest BCUT2D eigenvalue weighted by molar-refractivity contribution is 6.15. The van der Waals surface area contributed by atoms with Crippen LogP contribution in [0.1, 0.15) is 31.9 Å². The molecule has 0 unspecified atom stereocenters. The summed E-state index contributed by atoms with van der Waals surface area (Å²) < 4.78 is 44.8. The van der Waals surface area contributed by atoms with Crippen molar-refractivity contribution in [3.8, 4) is 17.0 Å². The van der Waals surface area contributed by atoms with Crippen molar-refractivity contribution in [3.05, 3.63) is 47.7 Å². The maximum absolute atomic E-state index is 12.2. The zero-order valence-electron chi connectivity index (χ0n) is 20.5. The Kier molecular flexibility index (Phi) is 18.3. The molecule has 0 fully saturated rings. The van der Waals surface area contributed by atoms with Crippen molar-refractivity contribution in [3.63, 3.8) is 0 Å². The van der Waals surface area contributed by atoms with Crippen molar-refractivity contribution >= 4 is 22.6 Å². The van der Waals surface area contributed by atoms with Gasteiger partial charge in [-0.25, -0.2) is 4.98 Å². The predicted molar refractivity (Wildman–Crippen MR) is 130 cm³/mol. The number of nitrogens with zero attached hydrogens (tertiary/aromatic N) is 2. The standard InChI is InChI=1S/C18H18F2N2O.C2H6O.C2H6.CH3Cl.CH3F/c1-4-22-10-12(3)17-15(22)9-11(2)16(21-17)13-5-7-14(8-6-13)23-18(19)20;1-3-2;3*1-2/h5-10,18H,4H2,1-3H3;1-2H3;1-2H3;2*1H3. The monoisotopic (exact) mass is 476 g/mol. The van der Waals surface area contributed by atoms with E-state index in [4.69, 9.17) is 4.98 Å². The number of alkyl halides is 4. The van der Waals surface area contributed by atoms with Gasteiger partial charge in [0.25, 0.3) is 0 Å². The zero-order valence-corrected chi connectivity index (χ0v) is 21.2. The molecule has 182 valence electrons. The van der Waals surface area contributed by atoms with E-state index in [1.165, 1.54) is 18.5 Å². The van der Waals surface area contributed by atoms with Crippen LogP contribution in [0.25, 0.3) is 22.3 Å². The molecule has 0 radical (unpaired) electrons. The normalized spacial score (nSPS) is 9.31. The lowest BCUT2D eigenvalue weighted by atomic mass is 10.1. The summed E-state index contributed by atoms with van der Waals surface area (Å²) in [6.07, 6.45) is 3.57. The molecule has 32 heavy (non-hydrogen) atoms. The van der Waals surface area contributed by atoms with Crippen molar-refractivity contribution in [1.29, 1.82) is 0 Å². The van der Waals surface area contributed by atoms with Gasteiger partial charge in [-0.15, -0.1) is 11.6 Å². The topological polar surface area (TPSA) is 36.3 Å². The summed E-state index contributed by atoms with van der Waals surface area (Å²) in [6.45, 7) is 8.23. The minimum atomic E-state index is -2.81. The second kappa shape index (κ2) is 18.3. The van der Waals surface area contributed by atoms with Gasteiger partial charge in [-0.05, 0) is 62.2 Å². The molecular formula is C24H36ClF3N2O2. The van der Waals surface area contributed by atoms with E-state index in [1.807, 2.05) is 27.7 Å². The van der Waals surface area contributed by atoms with Gasteiger partial charge in [0.15, 0.2) is 0 Å². The molecule has 0 atom stereocenters. The average Bonchev–Trinajstić information content (AvgIpc) is 3.12. The molecule has 0 N–H and O–H groups in total. The third-order valence-corrected chi connectivity index (χ3v) is 3.92. The van der Waals surface area contributed by atoms with Crippen LogP contribution in [0.4, 0.5) is 13.2 Å². The Balaban J connectivity index is 0. The Labute approximate surface area is 195 Å². The fraction of sp³-hybridized carbons (Fsp3) is 0.458. The summed E-state index contributed by atoms with van der Waals surface area (Å²) in [5.74, 6) is 0.149. The van der Waals surface area contributed by atoms with Crippen LogP contribution < -0.4 is 4.74 Å². The Morgan fingerprint density at radius 1 is 1.00 bits per heavy atom. The number of rotatable bonds is 4. The molecule has 1 aromatic carbocycles. The molecule has 8 heteroatoms. The highest BCUT2D eigenvalue weighted by atomic mass is 35.5. The lowest BCUT2D eigenvalue weighted by Gasteiger charge is -2.09. The molecule has 3 rings (SSSR count). The van der Waals surface area contributed by atoms with Crippen molar-refractivity contribution in [2.45, 2.75) is 47.8 Å². The van der Waals surface area contributed by atoms with Crippen LogP contribution in [-0.2, 0) is 11.3 Å². The van der Waals surface area contributed by atoms with Crippen LogP contribution >= 0.6 is 11.6 Å². The SMILES string of the molecule is CC.CCl.CCn1cc(C)c2nc(-c3ccc(OC(F)F)cc3)c(C)cc21.CF.COC. The number of ether oxygens (including phenoxy) is 2. The van der Waals surface area contributed by atoms with Gasteiger partial charge in [-0.2, -0.15) is 8.78 Å². The number of fused-ring (bicyclic) bond motifs is 1. The van der Waals surface area contributed by atoms with Gasteiger partial charge >= 0.3 is 6.61 Å². The second-order valence-corrected chi connectivity index (χ2v) is 5.93. The molecule has 0 aliphatic heterocycles. The molecule has 0 aliphatic carbocycles. The number of halogens is 4. The van der Waals surface area contributed by atoms with Crippen molar-refractivity contribution in [2.75, 3.05) is 27.8 Å². The van der Waals surface area contributed by atoms with E-state index < -0.39 is 6.61 Å². The number of hydrogen-bond acceptors (Lipinski definition) is 3. The molecule has 0 saturated carbocycles. The molecule has 0 spiro atoms. The molecule has 0 amide bonds. The number of hydrogen-bond donors (Lipinski definition) is 0. The summed E-state index contributed by atoms with van der Waals surface area (Å²) in [4.78, 5) is 4.79. The number of benzene rings is 1. The van der Waals surface area contributed by atoms with E-state index >= 15 is 0 Å². The lowest BCUT2D eigenvalue weighted by Crippen LogP contribution is -2.01. The van der Waals surface area contributed by atoms with Crippen LogP contribution in [0.15, 0.2) is 36.5 Å². The quantitative estimate of drug-likeness (QED) is 0.362. The van der Waals surface area contributed by atoms with Crippen molar-refractivity contribution in [1.82, 2.24) is 9.55 Å². The smallest absolute Gasteiger partial charge is 0.387 e. The van der Waals surface area contributed by atoms with E-state index in [0.717, 1.165) is 40.0 Å². The van der Waals surface area contributed by atoms with Gasteiger partial charge in [0.1, 0.15) is 5.75 Å². The van der Waals surface area contributed by atoms with Crippen LogP contribution in [0.5, 0.6) is 5.75 Å². The van der Waals surface area contributed by atoms with E-state index in [0.29, 0.717) is 7.18 Å². The molecule has 3 aromatic rings. The van der Waals surface area contributed by atoms with E-state index in [-0.39, 0.29) is 5.75 Å². The zero-order chi connectivity index (χ0) is 25.3. The number of pyridine rings is 1. The summed E-state index contributed by atoms with van der Waals surface area (Å²) in [5.41, 5.74) is 6.01. The first-order valence-corrected chi connectivity index (χ1v) is 10.8. The second-order valence-electron chi connectivity index (χ2n) is 5.93. The highest BCUT2D eigenvalue weighted by Crippen LogP contribution is 2.29. The van der Waals surface area contributed by atoms with Gasteiger partial charge in [0.05, 0.1) is 23.9 Å². The summed E-state index contributed by atoms with van der Waals surface area (Å²) in [6, 6.07) is 8.71. The highest BCUT2D eigenvalue weighted by Gasteiger charge is 2.12. The van der Waals surface area contributed by atoms with Crippen molar-refractivity contribution in [2.24, 2.45) is 0 Å².